The van der Waals surface area contributed by atoms with Crippen LogP contribution in [0.1, 0.15) is 40.0 Å². The molecular weight excluding hydrogens is 258 g/mol. The summed E-state index contributed by atoms with van der Waals surface area (Å²) < 4.78 is 4.86. The average molecular weight is 285 g/mol. The first kappa shape index (κ1) is 16.8. The van der Waals surface area contributed by atoms with E-state index in [9.17, 15) is 9.59 Å². The maximum Gasteiger partial charge on any atom is 0.407 e. The van der Waals surface area contributed by atoms with Gasteiger partial charge in [0.25, 0.3) is 0 Å². The lowest BCUT2D eigenvalue weighted by Gasteiger charge is -2.33. The molecule has 0 aromatic carbocycles. The van der Waals surface area contributed by atoms with Crippen LogP contribution in [-0.4, -0.2) is 48.7 Å². The molecule has 0 aliphatic carbocycles. The minimum Gasteiger partial charge on any atom is -0.450 e. The van der Waals surface area contributed by atoms with E-state index in [2.05, 4.69) is 5.32 Å². The molecule has 0 spiro atoms. The van der Waals surface area contributed by atoms with Crippen LogP contribution in [0.4, 0.5) is 4.79 Å². The van der Waals surface area contributed by atoms with Gasteiger partial charge >= 0.3 is 6.09 Å². The van der Waals surface area contributed by atoms with Crippen molar-refractivity contribution >= 4 is 12.0 Å². The van der Waals surface area contributed by atoms with Gasteiger partial charge in [-0.15, -0.1) is 0 Å². The maximum atomic E-state index is 12.2. The van der Waals surface area contributed by atoms with Crippen LogP contribution < -0.4 is 11.1 Å². The van der Waals surface area contributed by atoms with Crippen LogP contribution >= 0.6 is 0 Å². The van der Waals surface area contributed by atoms with E-state index in [1.807, 2.05) is 13.8 Å². The van der Waals surface area contributed by atoms with Crippen LogP contribution in [-0.2, 0) is 9.53 Å². The molecule has 0 aromatic rings. The summed E-state index contributed by atoms with van der Waals surface area (Å²) in [5, 5.41) is 2.79. The molecule has 0 saturated carbocycles. The quantitative estimate of drug-likeness (QED) is 0.792. The van der Waals surface area contributed by atoms with E-state index in [-0.39, 0.29) is 23.9 Å². The van der Waals surface area contributed by atoms with Crippen LogP contribution in [0.25, 0.3) is 0 Å². The smallest absolute Gasteiger partial charge is 0.407 e. The van der Waals surface area contributed by atoms with Crippen molar-refractivity contribution in [3.8, 4) is 0 Å². The zero-order valence-corrected chi connectivity index (χ0v) is 12.7. The van der Waals surface area contributed by atoms with Gasteiger partial charge in [-0.25, -0.2) is 4.79 Å². The molecule has 2 atom stereocenters. The summed E-state index contributed by atoms with van der Waals surface area (Å²) >= 11 is 0. The molecule has 0 bridgehead atoms. The molecule has 0 radical (unpaired) electrons. The number of hydrogen-bond donors (Lipinski definition) is 2. The van der Waals surface area contributed by atoms with Gasteiger partial charge in [-0.1, -0.05) is 13.8 Å². The molecular formula is C14H27N3O3. The van der Waals surface area contributed by atoms with Gasteiger partial charge in [0, 0.05) is 31.6 Å². The fourth-order valence-corrected chi connectivity index (χ4v) is 2.23. The van der Waals surface area contributed by atoms with Gasteiger partial charge in [0.2, 0.25) is 5.91 Å². The summed E-state index contributed by atoms with van der Waals surface area (Å²) in [4.78, 5) is 25.4. The number of alkyl carbamates (subject to hydrolysis) is 1. The Hall–Kier alpha value is -1.30. The van der Waals surface area contributed by atoms with Gasteiger partial charge in [0.15, 0.2) is 0 Å². The number of likely N-dealkylation sites (tertiary alicyclic amines) is 1. The minimum atomic E-state index is -0.411. The number of ether oxygens (including phenoxy) is 1. The van der Waals surface area contributed by atoms with E-state index in [1.165, 1.54) is 0 Å². The number of hydrogen-bond acceptors (Lipinski definition) is 4. The summed E-state index contributed by atoms with van der Waals surface area (Å²) in [5.74, 6) is 0.360. The first-order chi connectivity index (χ1) is 9.43. The molecule has 6 heteroatoms. The summed E-state index contributed by atoms with van der Waals surface area (Å²) in [7, 11) is 0. The minimum absolute atomic E-state index is 0.0259. The Labute approximate surface area is 121 Å². The molecule has 6 nitrogen and oxygen atoms in total. The lowest BCUT2D eigenvalue weighted by molar-refractivity contribution is -0.133. The topological polar surface area (TPSA) is 84.7 Å². The molecule has 116 valence electrons. The number of piperidine rings is 1. The molecule has 2 unspecified atom stereocenters. The van der Waals surface area contributed by atoms with Crippen molar-refractivity contribution in [2.24, 2.45) is 11.7 Å². The highest BCUT2D eigenvalue weighted by atomic mass is 16.5. The summed E-state index contributed by atoms with van der Waals surface area (Å²) in [6.45, 7) is 7.43. The first-order valence-electron chi connectivity index (χ1n) is 7.40. The molecule has 1 saturated heterocycles. The van der Waals surface area contributed by atoms with Crippen LogP contribution in [0.5, 0.6) is 0 Å². The number of rotatable bonds is 5. The predicted octanol–water partition coefficient (Wildman–Crippen LogP) is 1.10. The number of nitrogens with two attached hydrogens (primary N) is 1. The number of carbonyl (C=O) groups is 2. The molecule has 3 N–H and O–H groups in total. The van der Waals surface area contributed by atoms with Gasteiger partial charge in [-0.05, 0) is 25.7 Å². The Bertz CT molecular complexity index is 334. The number of nitrogens with one attached hydrogen (secondary N) is 1. The van der Waals surface area contributed by atoms with Crippen molar-refractivity contribution in [1.82, 2.24) is 10.2 Å². The fraction of sp³-hybridized carbons (Fsp3) is 0.857. The second-order valence-corrected chi connectivity index (χ2v) is 5.66. The predicted molar refractivity (Wildman–Crippen MR) is 77.2 cm³/mol. The standard InChI is InChI=1S/C14H27N3O3/c1-4-20-14(19)16-11-6-5-7-17(9-11)13(18)8-12(15)10(2)3/h10-12H,4-9,15H2,1-3H3,(H,16,19). The van der Waals surface area contributed by atoms with Crippen LogP contribution in [0.2, 0.25) is 0 Å². The maximum absolute atomic E-state index is 12.2. The molecule has 0 aromatic heterocycles. The lowest BCUT2D eigenvalue weighted by atomic mass is 10.00. The third kappa shape index (κ3) is 5.36. The van der Waals surface area contributed by atoms with Crippen molar-refractivity contribution in [3.05, 3.63) is 0 Å². The number of carbonyl (C=O) groups excluding carboxylic acids is 2. The second kappa shape index (κ2) is 8.09. The molecule has 1 heterocycles. The summed E-state index contributed by atoms with van der Waals surface area (Å²) in [5.41, 5.74) is 5.94. The lowest BCUT2D eigenvalue weighted by Crippen LogP contribution is -2.50. The van der Waals surface area contributed by atoms with E-state index in [0.717, 1.165) is 19.4 Å². The van der Waals surface area contributed by atoms with Crippen molar-refractivity contribution in [2.45, 2.75) is 52.1 Å². The second-order valence-electron chi connectivity index (χ2n) is 5.66. The molecule has 2 amide bonds. The monoisotopic (exact) mass is 285 g/mol. The average Bonchev–Trinajstić information content (AvgIpc) is 2.39. The Balaban J connectivity index is 2.43. The van der Waals surface area contributed by atoms with Crippen molar-refractivity contribution < 1.29 is 14.3 Å². The van der Waals surface area contributed by atoms with Crippen molar-refractivity contribution in [2.75, 3.05) is 19.7 Å². The zero-order valence-electron chi connectivity index (χ0n) is 12.7. The summed E-state index contributed by atoms with van der Waals surface area (Å²) in [6.07, 6.45) is 1.72. The highest BCUT2D eigenvalue weighted by molar-refractivity contribution is 5.77. The Kier molecular flexibility index (Phi) is 6.78. The van der Waals surface area contributed by atoms with Crippen LogP contribution in [0, 0.1) is 5.92 Å². The fourth-order valence-electron chi connectivity index (χ4n) is 2.23. The van der Waals surface area contributed by atoms with Gasteiger partial charge in [0.05, 0.1) is 6.61 Å². The van der Waals surface area contributed by atoms with E-state index in [0.29, 0.717) is 19.6 Å². The Morgan fingerprint density at radius 1 is 1.45 bits per heavy atom. The highest BCUT2D eigenvalue weighted by Gasteiger charge is 2.26. The Morgan fingerprint density at radius 2 is 2.15 bits per heavy atom. The van der Waals surface area contributed by atoms with Crippen molar-refractivity contribution in [3.63, 3.8) is 0 Å². The van der Waals surface area contributed by atoms with Crippen LogP contribution in [0.3, 0.4) is 0 Å². The SMILES string of the molecule is CCOC(=O)NC1CCCN(C(=O)CC(N)C(C)C)C1. The summed E-state index contributed by atoms with van der Waals surface area (Å²) in [6, 6.07) is -0.136. The van der Waals surface area contributed by atoms with Gasteiger partial charge in [0.1, 0.15) is 0 Å². The van der Waals surface area contributed by atoms with E-state index >= 15 is 0 Å². The molecule has 1 aliphatic rings. The number of nitrogens with zero attached hydrogens (tertiary/aromatic N) is 1. The van der Waals surface area contributed by atoms with Gasteiger partial charge in [-0.3, -0.25) is 4.79 Å². The van der Waals surface area contributed by atoms with Gasteiger partial charge < -0.3 is 20.7 Å². The van der Waals surface area contributed by atoms with Gasteiger partial charge in [-0.2, -0.15) is 0 Å². The zero-order chi connectivity index (χ0) is 15.1. The van der Waals surface area contributed by atoms with E-state index in [4.69, 9.17) is 10.5 Å². The Morgan fingerprint density at radius 3 is 2.75 bits per heavy atom. The molecule has 20 heavy (non-hydrogen) atoms. The highest BCUT2D eigenvalue weighted by Crippen LogP contribution is 2.13. The van der Waals surface area contributed by atoms with Crippen molar-refractivity contribution in [1.29, 1.82) is 0 Å². The molecule has 1 fully saturated rings. The largest absolute Gasteiger partial charge is 0.450 e. The first-order valence-corrected chi connectivity index (χ1v) is 7.40. The van der Waals surface area contributed by atoms with E-state index in [1.54, 1.807) is 11.8 Å². The number of amides is 2. The normalized spacial score (nSPS) is 20.6. The van der Waals surface area contributed by atoms with E-state index < -0.39 is 6.09 Å². The third-order valence-corrected chi connectivity index (χ3v) is 3.64. The third-order valence-electron chi connectivity index (χ3n) is 3.64. The van der Waals surface area contributed by atoms with Crippen LogP contribution in [0.15, 0.2) is 0 Å². The molecule has 1 aliphatic heterocycles. The molecule has 1 rings (SSSR count).